The number of amides is 2. The Morgan fingerprint density at radius 2 is 0.966 bits per heavy atom. The molecule has 0 saturated carbocycles. The molecule has 4 rings (SSSR count). The molecule has 2 saturated heterocycles. The lowest BCUT2D eigenvalue weighted by Crippen LogP contribution is -2.38. The van der Waals surface area contributed by atoms with Gasteiger partial charge < -0.3 is 28.7 Å². The van der Waals surface area contributed by atoms with Crippen LogP contribution in [0.3, 0.4) is 0 Å². The Bertz CT molecular complexity index is 1590. The summed E-state index contributed by atoms with van der Waals surface area (Å²) in [6, 6.07) is 16.1. The summed E-state index contributed by atoms with van der Waals surface area (Å²) in [6.07, 6.45) is 1.60. The van der Waals surface area contributed by atoms with Crippen LogP contribution in [0.2, 0.25) is 0 Å². The summed E-state index contributed by atoms with van der Waals surface area (Å²) in [4.78, 5) is 62.1. The van der Waals surface area contributed by atoms with E-state index in [1.54, 1.807) is 9.80 Å². The number of carbonyl (C=O) groups is 4. The molecule has 0 radical (unpaired) electrons. The first kappa shape index (κ1) is 46.5. The van der Waals surface area contributed by atoms with E-state index >= 15 is 0 Å². The van der Waals surface area contributed by atoms with Crippen molar-refractivity contribution in [3.63, 3.8) is 0 Å². The van der Waals surface area contributed by atoms with Gasteiger partial charge >= 0.3 is 24.1 Å². The van der Waals surface area contributed by atoms with Crippen LogP contribution < -0.4 is 5.48 Å². The van der Waals surface area contributed by atoms with Gasteiger partial charge in [-0.1, -0.05) is 48.5 Å². The van der Waals surface area contributed by atoms with Gasteiger partial charge in [0, 0.05) is 32.7 Å². The zero-order valence-electron chi connectivity index (χ0n) is 37.1. The molecular weight excluding hydrogens is 739 g/mol. The van der Waals surface area contributed by atoms with Gasteiger partial charge in [0.05, 0.1) is 18.4 Å². The number of likely N-dealkylation sites (tertiary alicyclic amines) is 2. The highest BCUT2D eigenvalue weighted by Crippen LogP contribution is 2.33. The molecule has 2 aliphatic heterocycles. The Balaban J connectivity index is 1.36. The maximum Gasteiger partial charge on any atom is 0.410 e. The molecule has 0 unspecified atom stereocenters. The van der Waals surface area contributed by atoms with Gasteiger partial charge in [-0.05, 0) is 143 Å². The van der Waals surface area contributed by atoms with Gasteiger partial charge in [0.15, 0.2) is 0 Å². The average Bonchev–Trinajstić information content (AvgIpc) is 3.77. The van der Waals surface area contributed by atoms with Crippen LogP contribution in [-0.4, -0.2) is 82.5 Å². The molecule has 2 amide bonds. The number of esters is 2. The molecular formula is C46H69N3O9. The fourth-order valence-corrected chi connectivity index (χ4v) is 7.35. The molecule has 12 heteroatoms. The van der Waals surface area contributed by atoms with E-state index in [1.165, 1.54) is 0 Å². The van der Waals surface area contributed by atoms with Crippen molar-refractivity contribution in [1.82, 2.24) is 15.3 Å². The summed E-state index contributed by atoms with van der Waals surface area (Å²) in [5.41, 5.74) is 4.53. The van der Waals surface area contributed by atoms with Crippen molar-refractivity contribution in [3.8, 4) is 0 Å². The summed E-state index contributed by atoms with van der Waals surface area (Å²) in [5, 5.41) is 0. The molecule has 2 aliphatic rings. The van der Waals surface area contributed by atoms with Gasteiger partial charge in [-0.25, -0.2) is 9.59 Å². The second-order valence-electron chi connectivity index (χ2n) is 19.9. The van der Waals surface area contributed by atoms with Gasteiger partial charge in [0.2, 0.25) is 0 Å². The summed E-state index contributed by atoms with van der Waals surface area (Å²) in [7, 11) is 0. The van der Waals surface area contributed by atoms with Crippen LogP contribution in [-0.2, 0) is 59.4 Å². The second kappa shape index (κ2) is 19.3. The Morgan fingerprint density at radius 1 is 0.586 bits per heavy atom. The van der Waals surface area contributed by atoms with Crippen molar-refractivity contribution in [1.29, 1.82) is 0 Å². The lowest BCUT2D eigenvalue weighted by molar-refractivity contribution is -0.163. The average molecular weight is 808 g/mol. The van der Waals surface area contributed by atoms with E-state index in [9.17, 15) is 19.2 Å². The molecule has 4 atom stereocenters. The fraction of sp³-hybridized carbons (Fsp3) is 0.652. The van der Waals surface area contributed by atoms with Crippen LogP contribution in [0.5, 0.6) is 0 Å². The minimum absolute atomic E-state index is 0.0623. The number of rotatable bonds is 13. The summed E-state index contributed by atoms with van der Waals surface area (Å²) in [6.45, 7) is 24.9. The minimum Gasteiger partial charge on any atom is -0.460 e. The van der Waals surface area contributed by atoms with E-state index in [4.69, 9.17) is 23.8 Å². The molecule has 322 valence electrons. The van der Waals surface area contributed by atoms with Crippen molar-refractivity contribution < 1.29 is 43.0 Å². The summed E-state index contributed by atoms with van der Waals surface area (Å²) >= 11 is 0. The van der Waals surface area contributed by atoms with Gasteiger partial charge in [-0.15, -0.1) is 0 Å². The molecule has 0 aromatic heterocycles. The third kappa shape index (κ3) is 15.5. The highest BCUT2D eigenvalue weighted by atomic mass is 16.6. The van der Waals surface area contributed by atoms with Gasteiger partial charge in [-0.3, -0.25) is 14.4 Å². The molecule has 2 aromatic carbocycles. The summed E-state index contributed by atoms with van der Waals surface area (Å²) < 4.78 is 23.0. The van der Waals surface area contributed by atoms with Crippen molar-refractivity contribution in [2.75, 3.05) is 26.2 Å². The van der Waals surface area contributed by atoms with Gasteiger partial charge in [0.25, 0.3) is 0 Å². The van der Waals surface area contributed by atoms with Crippen LogP contribution >= 0.6 is 0 Å². The fourth-order valence-electron chi connectivity index (χ4n) is 7.35. The van der Waals surface area contributed by atoms with E-state index < -0.39 is 34.2 Å². The van der Waals surface area contributed by atoms with E-state index in [2.05, 4.69) is 11.5 Å². The number of hydroxylamine groups is 1. The largest absolute Gasteiger partial charge is 0.460 e. The first-order chi connectivity index (χ1) is 26.8. The number of hydrogen-bond acceptors (Lipinski definition) is 10. The monoisotopic (exact) mass is 808 g/mol. The van der Waals surface area contributed by atoms with Gasteiger partial charge in [-0.2, -0.15) is 5.48 Å². The minimum atomic E-state index is -0.638. The first-order valence-electron chi connectivity index (χ1n) is 20.8. The molecule has 2 aromatic rings. The molecule has 2 heterocycles. The van der Waals surface area contributed by atoms with Crippen molar-refractivity contribution in [3.05, 3.63) is 70.8 Å². The molecule has 1 N–H and O–H groups in total. The van der Waals surface area contributed by atoms with Crippen molar-refractivity contribution >= 4 is 24.1 Å². The quantitative estimate of drug-likeness (QED) is 0.0911. The Kier molecular flexibility index (Phi) is 15.5. The van der Waals surface area contributed by atoms with E-state index in [-0.39, 0.29) is 36.0 Å². The van der Waals surface area contributed by atoms with Crippen LogP contribution in [0.1, 0.15) is 118 Å². The molecule has 58 heavy (non-hydrogen) atoms. The molecule has 0 spiro atoms. The number of carbonyl (C=O) groups excluding carboxylic acids is 4. The zero-order chi connectivity index (χ0) is 43.1. The number of hydrogen-bond donors (Lipinski definition) is 1. The number of ether oxygens (including phenoxy) is 4. The Morgan fingerprint density at radius 3 is 1.38 bits per heavy atom. The molecule has 12 nitrogen and oxygen atoms in total. The van der Waals surface area contributed by atoms with Crippen LogP contribution in [0.25, 0.3) is 0 Å². The van der Waals surface area contributed by atoms with Gasteiger partial charge in [0.1, 0.15) is 22.4 Å². The third-order valence-corrected chi connectivity index (χ3v) is 9.82. The maximum atomic E-state index is 13.6. The van der Waals surface area contributed by atoms with E-state index in [0.29, 0.717) is 65.0 Å². The van der Waals surface area contributed by atoms with E-state index in [0.717, 1.165) is 22.3 Å². The highest BCUT2D eigenvalue weighted by Gasteiger charge is 2.40. The highest BCUT2D eigenvalue weighted by molar-refractivity contribution is 5.75. The van der Waals surface area contributed by atoms with Crippen molar-refractivity contribution in [2.24, 2.45) is 23.7 Å². The lowest BCUT2D eigenvalue weighted by Gasteiger charge is -2.28. The van der Waals surface area contributed by atoms with Crippen LogP contribution in [0.15, 0.2) is 48.5 Å². The molecule has 2 fully saturated rings. The summed E-state index contributed by atoms with van der Waals surface area (Å²) in [5.74, 6) is -1.51. The van der Waals surface area contributed by atoms with Crippen LogP contribution in [0, 0.1) is 23.7 Å². The van der Waals surface area contributed by atoms with Crippen LogP contribution in [0.4, 0.5) is 9.59 Å². The number of nitrogens with zero attached hydrogens (tertiary/aromatic N) is 2. The van der Waals surface area contributed by atoms with Crippen molar-refractivity contribution in [2.45, 2.75) is 144 Å². The standard InChI is InChI=1S/C46H69N3O9/c1-43(2,3)55-39(50)37(35-19-21-48(28-35)41(52)57-45(7,8)9)25-31-15-13-17-33(23-31)27-47-54-30-34-18-14-16-32(24-34)26-38(40(51)56-44(4,5)6)36-20-22-49(29-36)42(53)58-46(10,11)12/h13-18,23-24,35-38,47H,19-22,25-30H2,1-12H3/t35-,36-,37-,38-/m0/s1. The number of nitrogens with one attached hydrogen (secondary N) is 1. The SMILES string of the molecule is CC(C)(C)OC(=O)[C@@H](Cc1cccc(CNOCc2cccc(C[C@H](C(=O)OC(C)(C)C)[C@H]3CCN(C(=O)OC(C)(C)C)C3)c2)c1)[C@H]1CCN(C(=O)OC(C)(C)C)C1. The predicted molar refractivity (Wildman–Crippen MR) is 222 cm³/mol. The third-order valence-electron chi connectivity index (χ3n) is 9.82. The Labute approximate surface area is 346 Å². The smallest absolute Gasteiger partial charge is 0.410 e. The second-order valence-corrected chi connectivity index (χ2v) is 19.9. The maximum absolute atomic E-state index is 13.6. The Hall–Kier alpha value is -4.16. The van der Waals surface area contributed by atoms with E-state index in [1.807, 2.05) is 126 Å². The topological polar surface area (TPSA) is 133 Å². The first-order valence-corrected chi connectivity index (χ1v) is 20.8. The zero-order valence-corrected chi connectivity index (χ0v) is 37.1. The molecule has 0 aliphatic carbocycles. The normalized spacial score (nSPS) is 18.8. The lowest BCUT2D eigenvalue weighted by atomic mass is 9.85. The molecule has 0 bridgehead atoms. The predicted octanol–water partition coefficient (Wildman–Crippen LogP) is 8.42. The number of benzene rings is 2.